The number of hydrogen-bond donors (Lipinski definition) is 9. The summed E-state index contributed by atoms with van der Waals surface area (Å²) in [6.45, 7) is 7.00. The van der Waals surface area contributed by atoms with Crippen LogP contribution >= 0.6 is 0 Å². The molecule has 0 spiro atoms. The van der Waals surface area contributed by atoms with Crippen LogP contribution in [0.3, 0.4) is 0 Å². The second kappa shape index (κ2) is 21.1. The van der Waals surface area contributed by atoms with Crippen molar-refractivity contribution < 1.29 is 48.2 Å². The molecule has 56 heavy (non-hydrogen) atoms. The number of amides is 8. The van der Waals surface area contributed by atoms with E-state index in [1.807, 2.05) is 6.92 Å². The van der Waals surface area contributed by atoms with E-state index in [-0.39, 0.29) is 37.6 Å². The lowest BCUT2D eigenvalue weighted by Gasteiger charge is -2.33. The van der Waals surface area contributed by atoms with Crippen molar-refractivity contribution in [3.05, 3.63) is 29.8 Å². The summed E-state index contributed by atoms with van der Waals surface area (Å²) in [5.74, 6) is -6.05. The Kier molecular flexibility index (Phi) is 17.0. The normalized spacial score (nSPS) is 23.1. The fourth-order valence-electron chi connectivity index (χ4n) is 6.64. The first-order chi connectivity index (χ1) is 26.4. The molecule has 19 nitrogen and oxygen atoms in total. The van der Waals surface area contributed by atoms with Crippen LogP contribution in [0.15, 0.2) is 24.3 Å². The second-order valence-electron chi connectivity index (χ2n) is 14.8. The fourth-order valence-corrected chi connectivity index (χ4v) is 6.64. The predicted octanol–water partition coefficient (Wildman–Crippen LogP) is -2.80. The molecule has 8 amide bonds. The molecule has 0 aliphatic carbocycles. The Labute approximate surface area is 325 Å². The SMILES string of the molecule is CCC(C)[C@@H](NC(=O)[C@@H]1CCCN1CC(O)C1Cc2ccc(cc2)OCC(=O)N[C@H](CCC(N)=O)C(=O)N[C@H](CC(N)=O)C(=O)N1)C(=O)N[C@H](C(N)=O)C(C)C. The molecule has 1 fully saturated rings. The minimum atomic E-state index is -1.53. The lowest BCUT2D eigenvalue weighted by Crippen LogP contribution is -2.60. The highest BCUT2D eigenvalue weighted by atomic mass is 16.5. The van der Waals surface area contributed by atoms with Crippen molar-refractivity contribution in [3.63, 3.8) is 0 Å². The number of β-amino-alcohol motifs (C(OH)–C–C–N with tert-alkyl or cyclic N) is 1. The summed E-state index contributed by atoms with van der Waals surface area (Å²) in [6, 6.07) is -0.00391. The number of primary amides is 3. The molecular formula is C37H57N9O10. The number of fused-ring (bicyclic) bond motifs is 13. The van der Waals surface area contributed by atoms with Crippen LogP contribution in [0.5, 0.6) is 5.75 Å². The van der Waals surface area contributed by atoms with Crippen molar-refractivity contribution >= 4 is 47.3 Å². The van der Waals surface area contributed by atoms with Gasteiger partial charge in [-0.05, 0) is 61.8 Å². The van der Waals surface area contributed by atoms with E-state index in [4.69, 9.17) is 21.9 Å². The molecule has 19 heteroatoms. The Bertz CT molecular complexity index is 1590. The van der Waals surface area contributed by atoms with Gasteiger partial charge in [-0.2, -0.15) is 0 Å². The number of aliphatic hydroxyl groups excluding tert-OH is 1. The number of likely N-dealkylation sites (tertiary alicyclic amines) is 1. The number of nitrogens with zero attached hydrogens (tertiary/aromatic N) is 1. The molecule has 0 saturated carbocycles. The lowest BCUT2D eigenvalue weighted by molar-refractivity contribution is -0.135. The number of nitrogens with two attached hydrogens (primary N) is 3. The zero-order valence-electron chi connectivity index (χ0n) is 32.4. The van der Waals surface area contributed by atoms with Crippen molar-refractivity contribution in [2.45, 2.75) is 115 Å². The zero-order chi connectivity index (χ0) is 41.7. The maximum absolute atomic E-state index is 13.8. The van der Waals surface area contributed by atoms with Crippen LogP contribution < -0.4 is 48.5 Å². The van der Waals surface area contributed by atoms with E-state index in [1.54, 1.807) is 49.9 Å². The third kappa shape index (κ3) is 13.5. The standard InChI is InChI=1S/C37H57N9O10/c1-5-20(4)32(37(55)44-31(19(2)3)33(40)51)45-36(54)26-7-6-14-46(26)17-27(47)24-15-21-8-10-22(11-9-21)56-18-30(50)41-23(12-13-28(38)48)34(52)43-25(16-29(39)49)35(53)42-24/h8-11,19-20,23-27,31-32,47H,5-7,12-18H2,1-4H3,(H2,38,48)(H2,39,49)(H2,40,51)(H,41,50)(H,42,53)(H,43,52)(H,44,55)(H,45,54)/t20?,23-,24?,25-,26+,27?,31+,32-/m1/s1. The average Bonchev–Trinajstić information content (AvgIpc) is 3.60. The van der Waals surface area contributed by atoms with Crippen molar-refractivity contribution in [2.75, 3.05) is 19.7 Å². The van der Waals surface area contributed by atoms with Crippen LogP contribution in [-0.2, 0) is 44.8 Å². The highest BCUT2D eigenvalue weighted by molar-refractivity contribution is 5.95. The number of benzene rings is 1. The second-order valence-corrected chi connectivity index (χ2v) is 14.8. The molecule has 310 valence electrons. The van der Waals surface area contributed by atoms with Gasteiger partial charge in [0, 0.05) is 13.0 Å². The van der Waals surface area contributed by atoms with E-state index in [0.717, 1.165) is 0 Å². The van der Waals surface area contributed by atoms with Crippen molar-refractivity contribution in [1.29, 1.82) is 0 Å². The van der Waals surface area contributed by atoms with E-state index in [2.05, 4.69) is 26.6 Å². The third-order valence-corrected chi connectivity index (χ3v) is 10.1. The first-order valence-electron chi connectivity index (χ1n) is 18.9. The van der Waals surface area contributed by atoms with Gasteiger partial charge >= 0.3 is 0 Å². The largest absolute Gasteiger partial charge is 0.484 e. The molecular weight excluding hydrogens is 730 g/mol. The van der Waals surface area contributed by atoms with Gasteiger partial charge < -0.3 is 53.6 Å². The van der Waals surface area contributed by atoms with E-state index in [0.29, 0.717) is 37.1 Å². The van der Waals surface area contributed by atoms with E-state index in [9.17, 15) is 43.5 Å². The number of ether oxygens (including phenoxy) is 1. The van der Waals surface area contributed by atoms with Gasteiger partial charge in [0.1, 0.15) is 29.9 Å². The predicted molar refractivity (Wildman–Crippen MR) is 202 cm³/mol. The first kappa shape index (κ1) is 45.1. The van der Waals surface area contributed by atoms with Crippen LogP contribution in [0.25, 0.3) is 0 Å². The van der Waals surface area contributed by atoms with Crippen LogP contribution in [0, 0.1) is 11.8 Å². The number of nitrogens with one attached hydrogen (secondary N) is 5. The molecule has 1 aromatic rings. The molecule has 4 rings (SSSR count). The zero-order valence-corrected chi connectivity index (χ0v) is 32.4. The fraction of sp³-hybridized carbons (Fsp3) is 0.622. The van der Waals surface area contributed by atoms with Crippen molar-refractivity contribution in [3.8, 4) is 5.75 Å². The average molecular weight is 788 g/mol. The maximum Gasteiger partial charge on any atom is 0.258 e. The molecule has 3 aliphatic heterocycles. The Morgan fingerprint density at radius 1 is 0.911 bits per heavy atom. The summed E-state index contributed by atoms with van der Waals surface area (Å²) < 4.78 is 5.57. The molecule has 0 aromatic heterocycles. The van der Waals surface area contributed by atoms with Crippen LogP contribution in [0.2, 0.25) is 0 Å². The summed E-state index contributed by atoms with van der Waals surface area (Å²) in [5, 5.41) is 24.9. The minimum absolute atomic E-state index is 0.0595. The lowest BCUT2D eigenvalue weighted by atomic mass is 9.96. The Hall–Kier alpha value is -5.30. The van der Waals surface area contributed by atoms with Crippen molar-refractivity contribution in [1.82, 2.24) is 31.5 Å². The summed E-state index contributed by atoms with van der Waals surface area (Å²) >= 11 is 0. The van der Waals surface area contributed by atoms with Gasteiger partial charge in [-0.15, -0.1) is 0 Å². The highest BCUT2D eigenvalue weighted by Gasteiger charge is 2.38. The summed E-state index contributed by atoms with van der Waals surface area (Å²) in [6.07, 6.45) is -0.810. The molecule has 1 saturated heterocycles. The highest BCUT2D eigenvalue weighted by Crippen LogP contribution is 2.21. The topological polar surface area (TPSA) is 307 Å². The van der Waals surface area contributed by atoms with Crippen LogP contribution in [-0.4, -0.2) is 119 Å². The molecule has 8 atom stereocenters. The molecule has 1 aromatic carbocycles. The number of hydrogen-bond acceptors (Lipinski definition) is 11. The minimum Gasteiger partial charge on any atom is -0.484 e. The monoisotopic (exact) mass is 787 g/mol. The van der Waals surface area contributed by atoms with Crippen LogP contribution in [0.4, 0.5) is 0 Å². The van der Waals surface area contributed by atoms with Gasteiger partial charge in [0.2, 0.25) is 41.4 Å². The Morgan fingerprint density at radius 2 is 1.57 bits per heavy atom. The molecule has 3 unspecified atom stereocenters. The first-order valence-corrected chi connectivity index (χ1v) is 18.9. The molecule has 0 radical (unpaired) electrons. The maximum atomic E-state index is 13.8. The van der Waals surface area contributed by atoms with E-state index in [1.165, 1.54) is 0 Å². The smallest absolute Gasteiger partial charge is 0.258 e. The summed E-state index contributed by atoms with van der Waals surface area (Å²) in [5.41, 5.74) is 16.9. The Balaban J connectivity index is 1.87. The van der Waals surface area contributed by atoms with Gasteiger partial charge in [0.25, 0.3) is 5.91 Å². The number of aliphatic hydroxyl groups is 1. The van der Waals surface area contributed by atoms with Gasteiger partial charge in [0.05, 0.1) is 24.6 Å². The van der Waals surface area contributed by atoms with E-state index < -0.39 is 103 Å². The summed E-state index contributed by atoms with van der Waals surface area (Å²) in [7, 11) is 0. The van der Waals surface area contributed by atoms with Gasteiger partial charge in [0.15, 0.2) is 6.61 Å². The van der Waals surface area contributed by atoms with E-state index >= 15 is 0 Å². The van der Waals surface area contributed by atoms with Gasteiger partial charge in [-0.3, -0.25) is 43.3 Å². The molecule has 3 heterocycles. The molecule has 12 N–H and O–H groups in total. The van der Waals surface area contributed by atoms with Crippen molar-refractivity contribution in [2.24, 2.45) is 29.0 Å². The van der Waals surface area contributed by atoms with Crippen LogP contribution in [0.1, 0.15) is 71.8 Å². The van der Waals surface area contributed by atoms with Gasteiger partial charge in [-0.25, -0.2) is 0 Å². The number of carbonyl (C=O) groups excluding carboxylic acids is 8. The summed E-state index contributed by atoms with van der Waals surface area (Å²) in [4.78, 5) is 104. The molecule has 2 bridgehead atoms. The Morgan fingerprint density at radius 3 is 2.16 bits per heavy atom. The molecule has 3 aliphatic rings. The quantitative estimate of drug-likeness (QED) is 0.0771. The number of carbonyl (C=O) groups is 8. The third-order valence-electron chi connectivity index (χ3n) is 10.1. The van der Waals surface area contributed by atoms with Gasteiger partial charge in [-0.1, -0.05) is 46.2 Å². The number of rotatable bonds is 16.